The molecule has 258 valence electrons. The Bertz CT molecular complexity index is 1640. The Balaban J connectivity index is 2.86. The Hall–Kier alpha value is -3.60. The van der Waals surface area contributed by atoms with Gasteiger partial charge < -0.3 is 26.8 Å². The fraction of sp³-hybridized carbons (Fsp3) is 0.391. The number of hydrogen-bond acceptors (Lipinski definition) is 5. The first kappa shape index (κ1) is 36.9. The van der Waals surface area contributed by atoms with Crippen molar-refractivity contribution in [1.29, 1.82) is 0 Å². The van der Waals surface area contributed by atoms with Gasteiger partial charge in [-0.2, -0.15) is 79.0 Å². The van der Waals surface area contributed by atoms with Crippen molar-refractivity contribution in [2.75, 3.05) is 11.5 Å². The third-order valence-electron chi connectivity index (χ3n) is 6.95. The van der Waals surface area contributed by atoms with Crippen molar-refractivity contribution in [3.63, 3.8) is 0 Å². The van der Waals surface area contributed by atoms with Crippen LogP contribution in [0.3, 0.4) is 0 Å². The first-order chi connectivity index (χ1) is 20.1. The van der Waals surface area contributed by atoms with Gasteiger partial charge in [0.25, 0.3) is 16.8 Å². The van der Waals surface area contributed by atoms with Gasteiger partial charge in [0.1, 0.15) is 0 Å². The summed E-state index contributed by atoms with van der Waals surface area (Å²) in [5, 5.41) is 22.7. The van der Waals surface area contributed by atoms with Gasteiger partial charge in [-0.1, -0.05) is 6.07 Å². The highest BCUT2D eigenvalue weighted by Gasteiger charge is 2.76. The molecule has 23 heteroatoms. The van der Waals surface area contributed by atoms with E-state index in [4.69, 9.17) is 11.5 Å². The maximum atomic E-state index is 14.0. The van der Waals surface area contributed by atoms with Gasteiger partial charge in [0.2, 0.25) is 0 Å². The number of alkyl halides is 18. The number of rotatable bonds is 3. The summed E-state index contributed by atoms with van der Waals surface area (Å²) < 4.78 is 248. The lowest BCUT2D eigenvalue weighted by molar-refractivity contribution is -0.377. The Kier molecular flexibility index (Phi) is 7.98. The van der Waals surface area contributed by atoms with Crippen molar-refractivity contribution in [3.05, 3.63) is 47.0 Å². The molecule has 3 aromatic carbocycles. The molecule has 0 atom stereocenters. The van der Waals surface area contributed by atoms with E-state index in [0.717, 1.165) is 0 Å². The van der Waals surface area contributed by atoms with E-state index in [1.54, 1.807) is 0 Å². The summed E-state index contributed by atoms with van der Waals surface area (Å²) in [4.78, 5) is 0. The van der Waals surface area contributed by atoms with E-state index in [2.05, 4.69) is 0 Å². The Morgan fingerprint density at radius 1 is 0.413 bits per heavy atom. The van der Waals surface area contributed by atoms with E-state index in [1.165, 1.54) is 0 Å². The lowest BCUT2D eigenvalue weighted by Gasteiger charge is -2.38. The molecule has 3 rings (SSSR count). The van der Waals surface area contributed by atoms with Gasteiger partial charge in [-0.05, 0) is 40.4 Å². The van der Waals surface area contributed by atoms with E-state index >= 15 is 0 Å². The van der Waals surface area contributed by atoms with Crippen LogP contribution < -0.4 is 11.5 Å². The molecule has 0 bridgehead atoms. The lowest BCUT2D eigenvalue weighted by atomic mass is 9.79. The zero-order valence-electron chi connectivity index (χ0n) is 21.2. The predicted octanol–water partition coefficient (Wildman–Crippen LogP) is 7.09. The number of hydrogen-bond donors (Lipinski definition) is 5. The normalized spacial score (nSPS) is 15.2. The minimum Gasteiger partial charge on any atom is -0.398 e. The number of nitrogen functional groups attached to an aromatic ring is 2. The number of aliphatic hydroxyl groups is 3. The molecule has 0 radical (unpaired) electrons. The molecule has 0 aliphatic rings. The fourth-order valence-corrected chi connectivity index (χ4v) is 4.66. The van der Waals surface area contributed by atoms with E-state index in [-0.39, 0.29) is 18.2 Å². The third kappa shape index (κ3) is 4.88. The van der Waals surface area contributed by atoms with E-state index in [1.807, 2.05) is 0 Å². The van der Waals surface area contributed by atoms with Gasteiger partial charge in [0.05, 0.1) is 0 Å². The molecule has 5 nitrogen and oxygen atoms in total. The Morgan fingerprint density at radius 3 is 1.15 bits per heavy atom. The van der Waals surface area contributed by atoms with Gasteiger partial charge in [-0.3, -0.25) is 0 Å². The molecule has 0 aromatic heterocycles. The molecular formula is C23H12F18N2O3. The van der Waals surface area contributed by atoms with E-state index < -0.39 is 116 Å². The average Bonchev–Trinajstić information content (AvgIpc) is 2.82. The number of fused-ring (bicyclic) bond motifs is 2. The van der Waals surface area contributed by atoms with Crippen LogP contribution in [0, 0.1) is 0 Å². The van der Waals surface area contributed by atoms with Crippen LogP contribution in [0.25, 0.3) is 21.5 Å². The second-order valence-electron chi connectivity index (χ2n) is 9.65. The largest absolute Gasteiger partial charge is 0.430 e. The van der Waals surface area contributed by atoms with Crippen LogP contribution in [-0.4, -0.2) is 52.4 Å². The molecule has 0 saturated heterocycles. The van der Waals surface area contributed by atoms with Gasteiger partial charge in [0.15, 0.2) is 0 Å². The molecule has 7 N–H and O–H groups in total. The summed E-state index contributed by atoms with van der Waals surface area (Å²) in [6.45, 7) is 0. The zero-order valence-corrected chi connectivity index (χ0v) is 21.2. The van der Waals surface area contributed by atoms with Crippen molar-refractivity contribution in [1.82, 2.24) is 0 Å². The van der Waals surface area contributed by atoms with Crippen LogP contribution in [0.2, 0.25) is 0 Å². The summed E-state index contributed by atoms with van der Waals surface area (Å²) in [5.41, 5.74) is -21.2. The summed E-state index contributed by atoms with van der Waals surface area (Å²) in [7, 11) is 0. The molecule has 46 heavy (non-hydrogen) atoms. The molecule has 3 aromatic rings. The minimum absolute atomic E-state index is 0.149. The van der Waals surface area contributed by atoms with Crippen LogP contribution in [0.5, 0.6) is 0 Å². The summed E-state index contributed by atoms with van der Waals surface area (Å²) >= 11 is 0. The minimum atomic E-state index is -7.20. The van der Waals surface area contributed by atoms with Crippen LogP contribution in [0.1, 0.15) is 16.7 Å². The second-order valence-corrected chi connectivity index (χ2v) is 9.65. The molecule has 0 aliphatic carbocycles. The summed E-state index contributed by atoms with van der Waals surface area (Å²) in [6.07, 6.45) is -42.0. The third-order valence-corrected chi connectivity index (χ3v) is 6.95. The van der Waals surface area contributed by atoms with E-state index in [0.29, 0.717) is 0 Å². The van der Waals surface area contributed by atoms with Gasteiger partial charge in [0, 0.05) is 33.5 Å². The van der Waals surface area contributed by atoms with Gasteiger partial charge in [-0.15, -0.1) is 0 Å². The smallest absolute Gasteiger partial charge is 0.398 e. The molecule has 0 spiro atoms. The van der Waals surface area contributed by atoms with Crippen LogP contribution >= 0.6 is 0 Å². The number of anilines is 2. The maximum Gasteiger partial charge on any atom is 0.430 e. The highest BCUT2D eigenvalue weighted by Crippen LogP contribution is 2.59. The molecule has 0 fully saturated rings. The topological polar surface area (TPSA) is 113 Å². The Labute approximate surface area is 240 Å². The fourth-order valence-electron chi connectivity index (χ4n) is 4.66. The zero-order chi connectivity index (χ0) is 36.2. The van der Waals surface area contributed by atoms with Crippen molar-refractivity contribution in [3.8, 4) is 0 Å². The monoisotopic (exact) mass is 706 g/mol. The molecule has 0 heterocycles. The quantitative estimate of drug-likeness (QED) is 0.114. The highest BCUT2D eigenvalue weighted by atomic mass is 19.4. The van der Waals surface area contributed by atoms with E-state index in [9.17, 15) is 94.3 Å². The second kappa shape index (κ2) is 9.95. The summed E-state index contributed by atoms with van der Waals surface area (Å²) in [5.74, 6) is 0. The molecule has 0 unspecified atom stereocenters. The average molecular weight is 706 g/mol. The first-order valence-electron chi connectivity index (χ1n) is 11.3. The number of halogens is 18. The molecule has 0 amide bonds. The number of nitrogens with two attached hydrogens (primary N) is 2. The standard InChI is InChI=1S/C23H12F18N2O3/c24-18(25,26)15(44,19(27,28)29)10-1-2-12(42)9-3-6-4-11(16(45,20(30,31)32)21(33,34)35)14(43)13(7(6)5-8(9)10)17(46,22(36,37)38)23(39,40)41/h1-5,44-46H,42-43H2. The number of benzene rings is 3. The maximum absolute atomic E-state index is 14.0. The van der Waals surface area contributed by atoms with Crippen molar-refractivity contribution in [2.24, 2.45) is 0 Å². The molecule has 0 aliphatic heterocycles. The van der Waals surface area contributed by atoms with Crippen LogP contribution in [0.15, 0.2) is 30.3 Å². The van der Waals surface area contributed by atoms with Gasteiger partial charge >= 0.3 is 37.1 Å². The van der Waals surface area contributed by atoms with Crippen LogP contribution in [0.4, 0.5) is 90.4 Å². The highest BCUT2D eigenvalue weighted by molar-refractivity contribution is 6.07. The SMILES string of the molecule is Nc1c(C(O)(C(F)(F)F)C(F)(F)F)cc2cc3c(N)ccc(C(O)(C(F)(F)F)C(F)(F)F)c3cc2c1C(O)(C(F)(F)F)C(F)(F)F. The van der Waals surface area contributed by atoms with Crippen molar-refractivity contribution >= 4 is 32.9 Å². The predicted molar refractivity (Wildman–Crippen MR) is 118 cm³/mol. The first-order valence-corrected chi connectivity index (χ1v) is 11.3. The molecular weight excluding hydrogens is 694 g/mol. The van der Waals surface area contributed by atoms with Gasteiger partial charge in [-0.25, -0.2) is 0 Å². The van der Waals surface area contributed by atoms with Crippen molar-refractivity contribution in [2.45, 2.75) is 53.9 Å². The lowest BCUT2D eigenvalue weighted by Crippen LogP contribution is -2.56. The van der Waals surface area contributed by atoms with Crippen LogP contribution in [-0.2, 0) is 16.8 Å². The molecule has 0 saturated carbocycles. The Morgan fingerprint density at radius 2 is 0.783 bits per heavy atom. The van der Waals surface area contributed by atoms with Crippen molar-refractivity contribution < 1.29 is 94.3 Å². The summed E-state index contributed by atoms with van der Waals surface area (Å²) in [6, 6.07) is -1.32.